The highest BCUT2D eigenvalue weighted by atomic mass is 19.2. The molecule has 0 saturated heterocycles. The molecule has 3 aromatic carbocycles. The fourth-order valence-corrected chi connectivity index (χ4v) is 3.28. The summed E-state index contributed by atoms with van der Waals surface area (Å²) >= 11 is 0. The molecule has 3 aromatic rings. The average molecular weight is 502 g/mol. The third kappa shape index (κ3) is 5.63. The Balaban J connectivity index is 1.85. The first kappa shape index (κ1) is 26.2. The van der Waals surface area contributed by atoms with Gasteiger partial charge in [0.05, 0.1) is 13.2 Å². The summed E-state index contributed by atoms with van der Waals surface area (Å²) in [5.74, 6) is -12.7. The zero-order chi connectivity index (χ0) is 26.4. The van der Waals surface area contributed by atoms with Crippen LogP contribution in [0, 0.1) is 40.4 Å². The summed E-state index contributed by atoms with van der Waals surface area (Å²) in [6.07, 6.45) is 1.27. The Bertz CT molecular complexity index is 1320. The molecule has 0 aromatic heterocycles. The van der Waals surface area contributed by atoms with Crippen LogP contribution in [0.15, 0.2) is 54.1 Å². The number of ether oxygens (including phenoxy) is 2. The lowest BCUT2D eigenvalue weighted by Gasteiger charge is -2.14. The fourth-order valence-electron chi connectivity index (χ4n) is 3.28. The van der Waals surface area contributed by atoms with E-state index in [0.717, 1.165) is 5.56 Å². The molecule has 0 heterocycles. The van der Waals surface area contributed by atoms with Gasteiger partial charge in [0.2, 0.25) is 29.1 Å². The number of nitrogens with one attached hydrogen (secondary N) is 1. The number of carbonyl (C=O) groups is 1. The molecule has 0 aliphatic heterocycles. The number of halogens is 5. The minimum atomic E-state index is -2.30. The molecule has 0 bridgehead atoms. The highest BCUT2D eigenvalue weighted by Gasteiger charge is 2.27. The minimum Gasteiger partial charge on any atom is -0.496 e. The SMILES string of the molecule is COc1ccc(C=C(C#N)C(=O)NC(C)c2ccccc2)cc1COc1c(F)c(F)c(F)c(F)c1F. The maximum absolute atomic E-state index is 13.9. The Morgan fingerprint density at radius 1 is 1.00 bits per heavy atom. The largest absolute Gasteiger partial charge is 0.496 e. The molecule has 36 heavy (non-hydrogen) atoms. The van der Waals surface area contributed by atoms with Crippen LogP contribution in [0.3, 0.4) is 0 Å². The van der Waals surface area contributed by atoms with Crippen LogP contribution in [0.25, 0.3) is 6.08 Å². The molecule has 1 amide bonds. The van der Waals surface area contributed by atoms with Crippen molar-refractivity contribution in [2.24, 2.45) is 0 Å². The summed E-state index contributed by atoms with van der Waals surface area (Å²) < 4.78 is 78.1. The zero-order valence-electron chi connectivity index (χ0n) is 19.0. The van der Waals surface area contributed by atoms with E-state index in [0.29, 0.717) is 5.56 Å². The van der Waals surface area contributed by atoms with Gasteiger partial charge in [0.1, 0.15) is 24.0 Å². The van der Waals surface area contributed by atoms with Crippen LogP contribution in [0.5, 0.6) is 11.5 Å². The van der Waals surface area contributed by atoms with Crippen molar-refractivity contribution in [2.45, 2.75) is 19.6 Å². The maximum atomic E-state index is 13.9. The first-order valence-electron chi connectivity index (χ1n) is 10.5. The third-order valence-corrected chi connectivity index (χ3v) is 5.17. The van der Waals surface area contributed by atoms with E-state index in [1.165, 1.54) is 31.4 Å². The number of methoxy groups -OCH3 is 1. The van der Waals surface area contributed by atoms with Crippen LogP contribution in [-0.2, 0) is 11.4 Å². The molecule has 0 spiro atoms. The van der Waals surface area contributed by atoms with E-state index in [1.54, 1.807) is 6.92 Å². The van der Waals surface area contributed by atoms with Crippen LogP contribution in [0.4, 0.5) is 22.0 Å². The second-order valence-electron chi connectivity index (χ2n) is 7.53. The van der Waals surface area contributed by atoms with Gasteiger partial charge in [0.15, 0.2) is 5.75 Å². The Morgan fingerprint density at radius 3 is 2.19 bits per heavy atom. The van der Waals surface area contributed by atoms with Crippen LogP contribution < -0.4 is 14.8 Å². The maximum Gasteiger partial charge on any atom is 0.262 e. The van der Waals surface area contributed by atoms with Crippen molar-refractivity contribution >= 4 is 12.0 Å². The van der Waals surface area contributed by atoms with Gasteiger partial charge in [-0.1, -0.05) is 36.4 Å². The van der Waals surface area contributed by atoms with E-state index in [9.17, 15) is 32.0 Å². The Hall–Kier alpha value is -4.39. The number of nitriles is 1. The fraction of sp³-hybridized carbons (Fsp3) is 0.154. The van der Waals surface area contributed by atoms with Crippen molar-refractivity contribution in [2.75, 3.05) is 7.11 Å². The first-order chi connectivity index (χ1) is 17.2. The monoisotopic (exact) mass is 502 g/mol. The summed E-state index contributed by atoms with van der Waals surface area (Å²) in [7, 11) is 1.30. The zero-order valence-corrected chi connectivity index (χ0v) is 19.0. The van der Waals surface area contributed by atoms with Gasteiger partial charge in [-0.15, -0.1) is 0 Å². The van der Waals surface area contributed by atoms with E-state index >= 15 is 0 Å². The number of benzene rings is 3. The standard InChI is InChI=1S/C26H19F5N2O3/c1-14(16-6-4-3-5-7-16)33-26(34)17(12-32)10-15-8-9-19(35-2)18(11-15)13-36-25-23(30)21(28)20(27)22(29)24(25)31/h3-11,14H,13H2,1-2H3,(H,33,34). The van der Waals surface area contributed by atoms with Gasteiger partial charge >= 0.3 is 0 Å². The molecule has 10 heteroatoms. The summed E-state index contributed by atoms with van der Waals surface area (Å²) in [4.78, 5) is 12.6. The van der Waals surface area contributed by atoms with Gasteiger partial charge in [-0.2, -0.15) is 14.0 Å². The van der Waals surface area contributed by atoms with E-state index in [1.807, 2.05) is 36.4 Å². The molecule has 3 rings (SSSR count). The highest BCUT2D eigenvalue weighted by Crippen LogP contribution is 2.31. The number of rotatable bonds is 8. The van der Waals surface area contributed by atoms with Gasteiger partial charge in [-0.3, -0.25) is 4.79 Å². The number of hydrogen-bond donors (Lipinski definition) is 1. The molecule has 0 radical (unpaired) electrons. The molecule has 0 saturated carbocycles. The Morgan fingerprint density at radius 2 is 1.61 bits per heavy atom. The smallest absolute Gasteiger partial charge is 0.262 e. The number of nitrogens with zero attached hydrogens (tertiary/aromatic N) is 1. The molecule has 1 unspecified atom stereocenters. The van der Waals surface area contributed by atoms with Crippen LogP contribution in [0.1, 0.15) is 29.7 Å². The highest BCUT2D eigenvalue weighted by molar-refractivity contribution is 6.01. The molecular formula is C26H19F5N2O3. The topological polar surface area (TPSA) is 71.3 Å². The van der Waals surface area contributed by atoms with Crippen LogP contribution in [-0.4, -0.2) is 13.0 Å². The molecular weight excluding hydrogens is 483 g/mol. The van der Waals surface area contributed by atoms with Crippen molar-refractivity contribution in [3.63, 3.8) is 0 Å². The third-order valence-electron chi connectivity index (χ3n) is 5.17. The molecule has 0 fully saturated rings. The predicted molar refractivity (Wildman–Crippen MR) is 120 cm³/mol. The summed E-state index contributed by atoms with van der Waals surface area (Å²) in [5, 5.41) is 12.2. The van der Waals surface area contributed by atoms with E-state index < -0.39 is 47.3 Å². The molecule has 1 atom stereocenters. The van der Waals surface area contributed by atoms with Gasteiger partial charge in [0.25, 0.3) is 5.91 Å². The normalized spacial score (nSPS) is 12.0. The van der Waals surface area contributed by atoms with Gasteiger partial charge < -0.3 is 14.8 Å². The molecule has 5 nitrogen and oxygen atoms in total. The average Bonchev–Trinajstić information content (AvgIpc) is 2.89. The van der Waals surface area contributed by atoms with Gasteiger partial charge in [-0.25, -0.2) is 13.2 Å². The summed E-state index contributed by atoms with van der Waals surface area (Å²) in [6.45, 7) is 1.12. The summed E-state index contributed by atoms with van der Waals surface area (Å²) in [5.41, 5.74) is 1.09. The van der Waals surface area contributed by atoms with Crippen molar-refractivity contribution in [3.8, 4) is 17.6 Å². The van der Waals surface area contributed by atoms with E-state index in [2.05, 4.69) is 5.32 Å². The molecule has 0 aliphatic carbocycles. The minimum absolute atomic E-state index is 0.158. The van der Waals surface area contributed by atoms with Crippen LogP contribution in [0.2, 0.25) is 0 Å². The van der Waals surface area contributed by atoms with Crippen molar-refractivity contribution in [1.29, 1.82) is 5.26 Å². The Labute approximate surface area is 203 Å². The molecule has 1 N–H and O–H groups in total. The molecule has 186 valence electrons. The molecule has 0 aliphatic rings. The number of hydrogen-bond acceptors (Lipinski definition) is 4. The lowest BCUT2D eigenvalue weighted by atomic mass is 10.1. The summed E-state index contributed by atoms with van der Waals surface area (Å²) in [6, 6.07) is 14.9. The second-order valence-corrected chi connectivity index (χ2v) is 7.53. The van der Waals surface area contributed by atoms with Gasteiger partial charge in [0, 0.05) is 5.56 Å². The van der Waals surface area contributed by atoms with Crippen LogP contribution >= 0.6 is 0 Å². The van der Waals surface area contributed by atoms with Crippen molar-refractivity contribution in [3.05, 3.63) is 99.9 Å². The number of carbonyl (C=O) groups excluding carboxylic acids is 1. The Kier molecular flexibility index (Phi) is 8.27. The van der Waals surface area contributed by atoms with Crippen molar-refractivity contribution in [1.82, 2.24) is 5.32 Å². The lowest BCUT2D eigenvalue weighted by molar-refractivity contribution is -0.117. The van der Waals surface area contributed by atoms with Gasteiger partial charge in [-0.05, 0) is 36.3 Å². The van der Waals surface area contributed by atoms with Crippen molar-refractivity contribution < 1.29 is 36.2 Å². The number of amides is 1. The second kappa shape index (κ2) is 11.4. The first-order valence-corrected chi connectivity index (χ1v) is 10.5. The quantitative estimate of drug-likeness (QED) is 0.140. The predicted octanol–water partition coefficient (Wildman–Crippen LogP) is 5.75. The van der Waals surface area contributed by atoms with E-state index in [-0.39, 0.29) is 22.9 Å². The van der Waals surface area contributed by atoms with E-state index in [4.69, 9.17) is 9.47 Å². The lowest BCUT2D eigenvalue weighted by Crippen LogP contribution is -2.27.